The molecule has 6 nitrogen and oxygen atoms in total. The van der Waals surface area contributed by atoms with Crippen molar-refractivity contribution in [2.24, 2.45) is 0 Å². The molecule has 0 bridgehead atoms. The summed E-state index contributed by atoms with van der Waals surface area (Å²) in [5.74, 6) is 0.467. The van der Waals surface area contributed by atoms with E-state index in [-0.39, 0.29) is 29.8 Å². The van der Waals surface area contributed by atoms with Gasteiger partial charge in [0.25, 0.3) is 0 Å². The van der Waals surface area contributed by atoms with Crippen molar-refractivity contribution in [3.63, 3.8) is 0 Å². The fourth-order valence-electron chi connectivity index (χ4n) is 3.24. The van der Waals surface area contributed by atoms with E-state index in [0.717, 1.165) is 25.0 Å². The molecule has 3 amide bonds. The molecule has 0 spiro atoms. The molecule has 0 saturated carbocycles. The van der Waals surface area contributed by atoms with E-state index < -0.39 is 5.82 Å². The lowest BCUT2D eigenvalue weighted by molar-refractivity contribution is -0.116. The first-order valence-electron chi connectivity index (χ1n) is 8.39. The zero-order valence-corrected chi connectivity index (χ0v) is 14.8. The Hall–Kier alpha value is -1.96. The van der Waals surface area contributed by atoms with Gasteiger partial charge >= 0.3 is 6.03 Å². The summed E-state index contributed by atoms with van der Waals surface area (Å²) >= 11 is 1.87. The van der Waals surface area contributed by atoms with Crippen LogP contribution in [0.4, 0.5) is 14.9 Å². The number of methoxy groups -OCH3 is 1. The normalized spacial score (nSPS) is 24.4. The van der Waals surface area contributed by atoms with Crippen molar-refractivity contribution in [2.45, 2.75) is 43.0 Å². The van der Waals surface area contributed by atoms with Crippen LogP contribution in [-0.4, -0.2) is 42.1 Å². The maximum absolute atomic E-state index is 13.6. The molecule has 1 aromatic carbocycles. The molecule has 136 valence electrons. The van der Waals surface area contributed by atoms with E-state index in [0.29, 0.717) is 17.4 Å². The number of thioether (sulfide) groups is 1. The highest BCUT2D eigenvalue weighted by molar-refractivity contribution is 8.00. The van der Waals surface area contributed by atoms with Gasteiger partial charge in [0.05, 0.1) is 19.2 Å². The molecule has 8 heteroatoms. The maximum atomic E-state index is 13.6. The summed E-state index contributed by atoms with van der Waals surface area (Å²) in [6.07, 6.45) is 3.05. The van der Waals surface area contributed by atoms with Crippen molar-refractivity contribution in [1.82, 2.24) is 10.6 Å². The van der Waals surface area contributed by atoms with Crippen LogP contribution < -0.4 is 20.7 Å². The predicted octanol–water partition coefficient (Wildman–Crippen LogP) is 2.50. The Bertz CT molecular complexity index is 658. The zero-order valence-electron chi connectivity index (χ0n) is 14.0. The van der Waals surface area contributed by atoms with Gasteiger partial charge in [-0.15, -0.1) is 0 Å². The van der Waals surface area contributed by atoms with Gasteiger partial charge in [-0.25, -0.2) is 9.18 Å². The van der Waals surface area contributed by atoms with Crippen LogP contribution in [0.1, 0.15) is 25.7 Å². The Labute approximate surface area is 150 Å². The molecule has 1 aromatic rings. The van der Waals surface area contributed by atoms with Crippen LogP contribution >= 0.6 is 11.8 Å². The maximum Gasteiger partial charge on any atom is 0.315 e. The smallest absolute Gasteiger partial charge is 0.315 e. The number of fused-ring (bicyclic) bond motifs is 1. The number of benzene rings is 1. The predicted molar refractivity (Wildman–Crippen MR) is 95.5 cm³/mol. The van der Waals surface area contributed by atoms with Crippen LogP contribution in [0.3, 0.4) is 0 Å². The summed E-state index contributed by atoms with van der Waals surface area (Å²) in [7, 11) is 1.40. The monoisotopic (exact) mass is 367 g/mol. The number of carbonyl (C=O) groups excluding carboxylic acids is 2. The summed E-state index contributed by atoms with van der Waals surface area (Å²) in [6, 6.07) is 4.71. The number of hydrogen-bond acceptors (Lipinski definition) is 4. The third kappa shape index (κ3) is 4.36. The number of carbonyl (C=O) groups is 2. The summed E-state index contributed by atoms with van der Waals surface area (Å²) in [5, 5.41) is 8.99. The average Bonchev–Trinajstić information content (AvgIpc) is 3.11. The van der Waals surface area contributed by atoms with Gasteiger partial charge in [0, 0.05) is 29.2 Å². The molecule has 0 aliphatic carbocycles. The molecule has 2 saturated heterocycles. The molecular formula is C17H22FN3O3S. The van der Waals surface area contributed by atoms with Crippen LogP contribution in [0.15, 0.2) is 18.2 Å². The van der Waals surface area contributed by atoms with E-state index in [1.807, 2.05) is 11.8 Å². The second-order valence-electron chi connectivity index (χ2n) is 6.27. The minimum absolute atomic E-state index is 0.0774. The number of nitrogens with one attached hydrogen (secondary N) is 3. The number of anilines is 1. The molecule has 2 heterocycles. The van der Waals surface area contributed by atoms with Crippen molar-refractivity contribution >= 4 is 29.4 Å². The first kappa shape index (κ1) is 17.8. The van der Waals surface area contributed by atoms with Crippen molar-refractivity contribution in [2.75, 3.05) is 18.2 Å². The number of unbranched alkanes of at least 4 members (excludes halogenated alkanes) is 1. The van der Waals surface area contributed by atoms with Crippen molar-refractivity contribution in [3.05, 3.63) is 24.0 Å². The van der Waals surface area contributed by atoms with Gasteiger partial charge in [0.2, 0.25) is 5.91 Å². The second-order valence-corrected chi connectivity index (χ2v) is 7.54. The molecule has 25 heavy (non-hydrogen) atoms. The van der Waals surface area contributed by atoms with Crippen LogP contribution in [-0.2, 0) is 4.79 Å². The van der Waals surface area contributed by atoms with E-state index in [2.05, 4.69) is 16.0 Å². The number of urea groups is 1. The number of amides is 3. The van der Waals surface area contributed by atoms with E-state index in [1.54, 1.807) is 6.07 Å². The van der Waals surface area contributed by atoms with Crippen LogP contribution in [0.25, 0.3) is 0 Å². The van der Waals surface area contributed by atoms with Gasteiger partial charge in [0.15, 0.2) is 11.6 Å². The van der Waals surface area contributed by atoms with Gasteiger partial charge in [-0.05, 0) is 25.0 Å². The third-order valence-electron chi connectivity index (χ3n) is 4.52. The SMILES string of the molecule is COc1ccc(NC(=O)CCCC[C@@H]2SC[C@@H]3NC(=O)N[C@@H]32)cc1F. The number of hydrogen-bond donors (Lipinski definition) is 3. The van der Waals surface area contributed by atoms with E-state index in [9.17, 15) is 14.0 Å². The molecule has 3 rings (SSSR count). The topological polar surface area (TPSA) is 79.5 Å². The number of halogens is 1. The molecule has 2 fully saturated rings. The van der Waals surface area contributed by atoms with Crippen molar-refractivity contribution < 1.29 is 18.7 Å². The Morgan fingerprint density at radius 1 is 1.40 bits per heavy atom. The van der Waals surface area contributed by atoms with Gasteiger partial charge < -0.3 is 20.7 Å². The summed E-state index contributed by atoms with van der Waals surface area (Å²) in [4.78, 5) is 23.3. The molecule has 2 aliphatic heterocycles. The lowest BCUT2D eigenvalue weighted by Crippen LogP contribution is -2.36. The van der Waals surface area contributed by atoms with E-state index in [4.69, 9.17) is 4.74 Å². The highest BCUT2D eigenvalue weighted by Crippen LogP contribution is 2.33. The minimum Gasteiger partial charge on any atom is -0.494 e. The first-order valence-corrected chi connectivity index (χ1v) is 9.43. The largest absolute Gasteiger partial charge is 0.494 e. The molecule has 3 N–H and O–H groups in total. The fraction of sp³-hybridized carbons (Fsp3) is 0.529. The lowest BCUT2D eigenvalue weighted by Gasteiger charge is -2.16. The van der Waals surface area contributed by atoms with Crippen LogP contribution in [0.5, 0.6) is 5.75 Å². The second kappa shape index (κ2) is 7.95. The summed E-state index contributed by atoms with van der Waals surface area (Å²) < 4.78 is 18.5. The Morgan fingerprint density at radius 3 is 3.00 bits per heavy atom. The van der Waals surface area contributed by atoms with Gasteiger partial charge in [-0.2, -0.15) is 11.8 Å². The molecule has 3 atom stereocenters. The molecule has 0 radical (unpaired) electrons. The molecule has 0 unspecified atom stereocenters. The molecule has 0 aromatic heterocycles. The van der Waals surface area contributed by atoms with Crippen LogP contribution in [0.2, 0.25) is 0 Å². The van der Waals surface area contributed by atoms with Crippen molar-refractivity contribution in [3.8, 4) is 5.75 Å². The van der Waals surface area contributed by atoms with Gasteiger partial charge in [0.1, 0.15) is 0 Å². The Morgan fingerprint density at radius 2 is 2.24 bits per heavy atom. The standard InChI is InChI=1S/C17H22FN3O3S/c1-24-13-7-6-10(8-11(13)18)19-15(22)5-3-2-4-14-16-12(9-25-14)20-17(23)21-16/h6-8,12,14,16H,2-5,9H2,1H3,(H,19,22)(H2,20,21,23)/t12-,14-,16-/m0/s1. The lowest BCUT2D eigenvalue weighted by atomic mass is 10.0. The quantitative estimate of drug-likeness (QED) is 0.511. The minimum atomic E-state index is -0.500. The Kier molecular flexibility index (Phi) is 5.67. The van der Waals surface area contributed by atoms with Gasteiger partial charge in [-0.3, -0.25) is 4.79 Å². The highest BCUT2D eigenvalue weighted by Gasteiger charge is 2.42. The number of ether oxygens (including phenoxy) is 1. The third-order valence-corrected chi connectivity index (χ3v) is 6.02. The first-order chi connectivity index (χ1) is 12.1. The van der Waals surface area contributed by atoms with Gasteiger partial charge in [-0.1, -0.05) is 6.42 Å². The highest BCUT2D eigenvalue weighted by atomic mass is 32.2. The number of rotatable bonds is 7. The summed E-state index contributed by atoms with van der Waals surface area (Å²) in [5.41, 5.74) is 0.428. The fourth-order valence-corrected chi connectivity index (χ4v) is 4.79. The summed E-state index contributed by atoms with van der Waals surface area (Å²) in [6.45, 7) is 0. The van der Waals surface area contributed by atoms with Crippen molar-refractivity contribution in [1.29, 1.82) is 0 Å². The van der Waals surface area contributed by atoms with E-state index >= 15 is 0 Å². The zero-order chi connectivity index (χ0) is 17.8. The Balaban J connectivity index is 1.37. The van der Waals surface area contributed by atoms with Crippen LogP contribution in [0, 0.1) is 5.82 Å². The average molecular weight is 367 g/mol. The van der Waals surface area contributed by atoms with E-state index in [1.165, 1.54) is 19.2 Å². The molecular weight excluding hydrogens is 345 g/mol. The molecule has 2 aliphatic rings.